The first-order valence-corrected chi connectivity index (χ1v) is 8.68. The van der Waals surface area contributed by atoms with Crippen LogP contribution in [0.3, 0.4) is 0 Å². The van der Waals surface area contributed by atoms with E-state index in [0.717, 1.165) is 13.1 Å². The molecule has 0 amide bonds. The van der Waals surface area contributed by atoms with E-state index in [1.807, 2.05) is 6.07 Å². The maximum atomic E-state index is 12.7. The first-order valence-electron chi connectivity index (χ1n) is 7.28. The summed E-state index contributed by atoms with van der Waals surface area (Å²) in [7, 11) is 0.137. The maximum Gasteiger partial charge on any atom is 0.282 e. The minimum Gasteiger partial charge on any atom is -0.383 e. The molecule has 0 radical (unpaired) electrons. The van der Waals surface area contributed by atoms with Gasteiger partial charge in [-0.3, -0.25) is 0 Å². The Labute approximate surface area is 127 Å². The zero-order valence-electron chi connectivity index (χ0n) is 12.7. The van der Waals surface area contributed by atoms with Crippen molar-refractivity contribution in [3.8, 4) is 6.07 Å². The minimum atomic E-state index is -3.49. The summed E-state index contributed by atoms with van der Waals surface area (Å²) in [6, 6.07) is 2.01. The van der Waals surface area contributed by atoms with E-state index in [-0.39, 0.29) is 13.0 Å². The van der Waals surface area contributed by atoms with Gasteiger partial charge in [-0.05, 0) is 18.9 Å². The van der Waals surface area contributed by atoms with E-state index in [1.165, 1.54) is 4.31 Å². The van der Waals surface area contributed by atoms with Crippen LogP contribution in [0.1, 0.15) is 6.42 Å². The predicted octanol–water partition coefficient (Wildman–Crippen LogP) is -0.413. The van der Waals surface area contributed by atoms with E-state index >= 15 is 0 Å². The fraction of sp³-hybridized carbons (Fsp3) is 0.923. The molecule has 0 bridgehead atoms. The Morgan fingerprint density at radius 1 is 1.24 bits per heavy atom. The number of methoxy groups -OCH3 is 1. The summed E-state index contributed by atoms with van der Waals surface area (Å²) in [5.41, 5.74) is 0. The molecule has 0 aromatic carbocycles. The Bertz CT molecular complexity index is 476. The Kier molecular flexibility index (Phi) is 5.57. The molecule has 8 heteroatoms. The third-order valence-electron chi connectivity index (χ3n) is 4.31. The summed E-state index contributed by atoms with van der Waals surface area (Å²) < 4.78 is 33.4. The van der Waals surface area contributed by atoms with Gasteiger partial charge >= 0.3 is 0 Å². The number of fused-ring (bicyclic) bond motifs is 1. The van der Waals surface area contributed by atoms with Gasteiger partial charge in [0.05, 0.1) is 12.7 Å². The molecule has 2 fully saturated rings. The second-order valence-electron chi connectivity index (χ2n) is 5.87. The number of nitrogens with zero attached hydrogens (tertiary/aromatic N) is 4. The predicted molar refractivity (Wildman–Crippen MR) is 78.6 cm³/mol. The number of likely N-dealkylation sites (tertiary alicyclic amines) is 1. The van der Waals surface area contributed by atoms with Gasteiger partial charge in [-0.15, -0.1) is 0 Å². The number of hydrogen-bond donors (Lipinski definition) is 0. The van der Waals surface area contributed by atoms with Crippen LogP contribution in [0.25, 0.3) is 0 Å². The molecule has 0 unspecified atom stereocenters. The van der Waals surface area contributed by atoms with Crippen molar-refractivity contribution in [3.63, 3.8) is 0 Å². The van der Waals surface area contributed by atoms with Gasteiger partial charge in [0.25, 0.3) is 10.2 Å². The van der Waals surface area contributed by atoms with Gasteiger partial charge in [-0.25, -0.2) is 0 Å². The minimum absolute atomic E-state index is 0.201. The molecule has 0 spiro atoms. The lowest BCUT2D eigenvalue weighted by Crippen LogP contribution is -2.45. The molecule has 0 N–H and O–H groups in total. The molecule has 120 valence electrons. The molecule has 2 atom stereocenters. The molecule has 0 aromatic rings. The topological polar surface area (TPSA) is 76.9 Å². The average Bonchev–Trinajstić information content (AvgIpc) is 2.96. The van der Waals surface area contributed by atoms with Gasteiger partial charge < -0.3 is 9.64 Å². The highest BCUT2D eigenvalue weighted by Crippen LogP contribution is 2.32. The number of rotatable bonds is 7. The van der Waals surface area contributed by atoms with Crippen molar-refractivity contribution >= 4 is 10.2 Å². The van der Waals surface area contributed by atoms with Crippen LogP contribution in [0.5, 0.6) is 0 Å². The molecule has 2 rings (SSSR count). The quantitative estimate of drug-likeness (QED) is 0.638. The lowest BCUT2D eigenvalue weighted by atomic mass is 10.0. The summed E-state index contributed by atoms with van der Waals surface area (Å²) in [4.78, 5) is 2.26. The van der Waals surface area contributed by atoms with Crippen LogP contribution in [-0.4, -0.2) is 82.0 Å². The molecule has 21 heavy (non-hydrogen) atoms. The van der Waals surface area contributed by atoms with Crippen LogP contribution in [0.4, 0.5) is 0 Å². The highest BCUT2D eigenvalue weighted by Gasteiger charge is 2.44. The molecule has 2 aliphatic heterocycles. The number of hydrogen-bond acceptors (Lipinski definition) is 5. The van der Waals surface area contributed by atoms with E-state index in [0.29, 0.717) is 38.1 Å². The molecule has 7 nitrogen and oxygen atoms in total. The average molecular weight is 316 g/mol. The van der Waals surface area contributed by atoms with E-state index < -0.39 is 10.2 Å². The van der Waals surface area contributed by atoms with E-state index in [1.54, 1.807) is 11.4 Å². The van der Waals surface area contributed by atoms with Crippen LogP contribution in [0.15, 0.2) is 0 Å². The molecular weight excluding hydrogens is 292 g/mol. The maximum absolute atomic E-state index is 12.7. The van der Waals surface area contributed by atoms with Gasteiger partial charge in [0, 0.05) is 52.8 Å². The zero-order valence-corrected chi connectivity index (χ0v) is 13.5. The van der Waals surface area contributed by atoms with Gasteiger partial charge in [0.1, 0.15) is 0 Å². The largest absolute Gasteiger partial charge is 0.383 e. The smallest absolute Gasteiger partial charge is 0.282 e. The fourth-order valence-electron chi connectivity index (χ4n) is 3.25. The Balaban J connectivity index is 2.03. The van der Waals surface area contributed by atoms with Gasteiger partial charge in [0.2, 0.25) is 0 Å². The van der Waals surface area contributed by atoms with Crippen LogP contribution in [0, 0.1) is 23.2 Å². The van der Waals surface area contributed by atoms with Crippen molar-refractivity contribution in [2.45, 2.75) is 6.42 Å². The van der Waals surface area contributed by atoms with Crippen molar-refractivity contribution < 1.29 is 13.2 Å². The second kappa shape index (κ2) is 7.03. The molecule has 0 aromatic heterocycles. The highest BCUT2D eigenvalue weighted by atomic mass is 32.2. The van der Waals surface area contributed by atoms with Crippen molar-refractivity contribution in [3.05, 3.63) is 0 Å². The van der Waals surface area contributed by atoms with E-state index in [4.69, 9.17) is 10.00 Å². The second-order valence-corrected chi connectivity index (χ2v) is 7.79. The lowest BCUT2D eigenvalue weighted by Gasteiger charge is -2.27. The van der Waals surface area contributed by atoms with Crippen molar-refractivity contribution in [1.29, 1.82) is 5.26 Å². The molecule has 2 aliphatic rings. The summed E-state index contributed by atoms with van der Waals surface area (Å²) in [6.45, 7) is 3.98. The van der Waals surface area contributed by atoms with Crippen molar-refractivity contribution in [2.24, 2.45) is 11.8 Å². The summed E-state index contributed by atoms with van der Waals surface area (Å²) in [6.07, 6.45) is 0.201. The van der Waals surface area contributed by atoms with Crippen LogP contribution >= 0.6 is 0 Å². The van der Waals surface area contributed by atoms with E-state index in [9.17, 15) is 8.42 Å². The zero-order chi connectivity index (χ0) is 15.5. The number of nitriles is 1. The van der Waals surface area contributed by atoms with Crippen molar-refractivity contribution in [2.75, 3.05) is 60.0 Å². The molecule has 0 aliphatic carbocycles. The Hall–Kier alpha value is -0.720. The standard InChI is InChI=1S/C13H24N4O3S/c1-15-8-12-10-17(11-13(12)9-15)21(18,19)16(5-3-4-14)6-7-20-2/h12-13H,3,5-11H2,1-2H3/t12-,13+. The molecular formula is C13H24N4O3S. The molecule has 2 saturated heterocycles. The third kappa shape index (κ3) is 3.73. The summed E-state index contributed by atoms with van der Waals surface area (Å²) >= 11 is 0. The summed E-state index contributed by atoms with van der Waals surface area (Å²) in [5.74, 6) is 0.870. The molecule has 2 heterocycles. The summed E-state index contributed by atoms with van der Waals surface area (Å²) in [5, 5.41) is 8.71. The fourth-order valence-corrected chi connectivity index (χ4v) is 4.96. The van der Waals surface area contributed by atoms with Crippen molar-refractivity contribution in [1.82, 2.24) is 13.5 Å². The number of ether oxygens (including phenoxy) is 1. The van der Waals surface area contributed by atoms with Crippen LogP contribution in [-0.2, 0) is 14.9 Å². The first-order chi connectivity index (χ1) is 9.98. The normalized spacial score (nSPS) is 27.1. The third-order valence-corrected chi connectivity index (χ3v) is 6.27. The van der Waals surface area contributed by atoms with Crippen LogP contribution < -0.4 is 0 Å². The first kappa shape index (κ1) is 16.6. The Morgan fingerprint density at radius 3 is 2.38 bits per heavy atom. The van der Waals surface area contributed by atoms with Gasteiger partial charge in [0.15, 0.2) is 0 Å². The van der Waals surface area contributed by atoms with Gasteiger partial charge in [-0.1, -0.05) is 0 Å². The van der Waals surface area contributed by atoms with E-state index in [2.05, 4.69) is 11.9 Å². The Morgan fingerprint density at radius 2 is 1.86 bits per heavy atom. The van der Waals surface area contributed by atoms with Gasteiger partial charge in [-0.2, -0.15) is 22.3 Å². The highest BCUT2D eigenvalue weighted by molar-refractivity contribution is 7.86. The molecule has 0 saturated carbocycles. The van der Waals surface area contributed by atoms with Crippen LogP contribution in [0.2, 0.25) is 0 Å². The lowest BCUT2D eigenvalue weighted by molar-refractivity contribution is 0.176. The monoisotopic (exact) mass is 316 g/mol. The SMILES string of the molecule is COCCN(CCC#N)S(=O)(=O)N1C[C@H]2CN(C)C[C@H]2C1.